The lowest BCUT2D eigenvalue weighted by Crippen LogP contribution is -2.33. The van der Waals surface area contributed by atoms with E-state index in [4.69, 9.17) is 5.73 Å². The predicted octanol–water partition coefficient (Wildman–Crippen LogP) is 2.17. The van der Waals surface area contributed by atoms with Crippen molar-refractivity contribution in [2.45, 2.75) is 18.6 Å². The van der Waals surface area contributed by atoms with Crippen molar-refractivity contribution >= 4 is 18.4 Å². The van der Waals surface area contributed by atoms with E-state index in [0.29, 0.717) is 5.56 Å². The first kappa shape index (κ1) is 16.7. The van der Waals surface area contributed by atoms with Gasteiger partial charge >= 0.3 is 12.1 Å². The van der Waals surface area contributed by atoms with E-state index < -0.39 is 23.8 Å². The Morgan fingerprint density at radius 2 is 2.06 bits per heavy atom. The van der Waals surface area contributed by atoms with E-state index in [1.165, 1.54) is 19.2 Å². The summed E-state index contributed by atoms with van der Waals surface area (Å²) in [6, 6.07) is 3.75. The molecule has 0 fully saturated rings. The first-order valence-corrected chi connectivity index (χ1v) is 4.84. The molecule has 3 nitrogen and oxygen atoms in total. The van der Waals surface area contributed by atoms with Crippen molar-refractivity contribution in [3.05, 3.63) is 35.4 Å². The summed E-state index contributed by atoms with van der Waals surface area (Å²) in [7, 11) is 1.17. The number of nitrogens with two attached hydrogens (primary N) is 1. The molecule has 1 rings (SSSR count). The van der Waals surface area contributed by atoms with Crippen LogP contribution in [-0.4, -0.2) is 19.1 Å². The monoisotopic (exact) mass is 283 g/mol. The summed E-state index contributed by atoms with van der Waals surface area (Å²) in [6.45, 7) is 0. The van der Waals surface area contributed by atoms with Crippen molar-refractivity contribution in [3.8, 4) is 0 Å². The van der Waals surface area contributed by atoms with Gasteiger partial charge in [0.1, 0.15) is 6.04 Å². The van der Waals surface area contributed by atoms with Crippen molar-refractivity contribution in [2.24, 2.45) is 5.73 Å². The zero-order chi connectivity index (χ0) is 13.1. The number of ether oxygens (including phenoxy) is 1. The minimum atomic E-state index is -4.40. The molecule has 0 amide bonds. The van der Waals surface area contributed by atoms with E-state index in [1.807, 2.05) is 0 Å². The largest absolute Gasteiger partial charge is 0.468 e. The Bertz CT molecular complexity index is 410. The van der Waals surface area contributed by atoms with Crippen LogP contribution in [-0.2, 0) is 22.1 Å². The second-order valence-corrected chi connectivity index (χ2v) is 3.53. The van der Waals surface area contributed by atoms with E-state index in [0.717, 1.165) is 12.1 Å². The molecule has 18 heavy (non-hydrogen) atoms. The number of hydrogen-bond donors (Lipinski definition) is 1. The predicted molar refractivity (Wildman–Crippen MR) is 62.4 cm³/mol. The van der Waals surface area contributed by atoms with Crippen molar-refractivity contribution in [2.75, 3.05) is 7.11 Å². The van der Waals surface area contributed by atoms with Crippen LogP contribution in [0, 0.1) is 0 Å². The van der Waals surface area contributed by atoms with Crippen LogP contribution in [0.3, 0.4) is 0 Å². The highest BCUT2D eigenvalue weighted by Crippen LogP contribution is 2.29. The van der Waals surface area contributed by atoms with Gasteiger partial charge in [0.25, 0.3) is 0 Å². The van der Waals surface area contributed by atoms with Gasteiger partial charge in [-0.2, -0.15) is 13.2 Å². The minimum absolute atomic E-state index is 0. The normalized spacial score (nSPS) is 12.5. The Morgan fingerprint density at radius 3 is 2.56 bits per heavy atom. The molecule has 0 saturated carbocycles. The number of rotatable bonds is 3. The second-order valence-electron chi connectivity index (χ2n) is 3.53. The van der Waals surface area contributed by atoms with Crippen molar-refractivity contribution < 1.29 is 22.7 Å². The molecule has 0 bridgehead atoms. The van der Waals surface area contributed by atoms with Gasteiger partial charge in [-0.05, 0) is 18.1 Å². The SMILES string of the molecule is COC(=O)C(N)Cc1cccc(C(F)(F)F)c1.Cl. The molecule has 0 aliphatic heterocycles. The van der Waals surface area contributed by atoms with E-state index in [9.17, 15) is 18.0 Å². The first-order chi connectivity index (χ1) is 7.84. The maximum atomic E-state index is 12.4. The molecule has 2 N–H and O–H groups in total. The Labute approximate surface area is 109 Å². The summed E-state index contributed by atoms with van der Waals surface area (Å²) in [5.41, 5.74) is 5.05. The molecule has 1 unspecified atom stereocenters. The summed E-state index contributed by atoms with van der Waals surface area (Å²) >= 11 is 0. The number of methoxy groups -OCH3 is 1. The summed E-state index contributed by atoms with van der Waals surface area (Å²) in [4.78, 5) is 11.0. The molecular weight excluding hydrogens is 271 g/mol. The average Bonchev–Trinajstić information content (AvgIpc) is 2.27. The molecule has 0 saturated heterocycles. The van der Waals surface area contributed by atoms with Gasteiger partial charge in [-0.1, -0.05) is 18.2 Å². The van der Waals surface area contributed by atoms with E-state index >= 15 is 0 Å². The summed E-state index contributed by atoms with van der Waals surface area (Å²) in [5, 5.41) is 0. The third kappa shape index (κ3) is 4.54. The van der Waals surface area contributed by atoms with Crippen LogP contribution < -0.4 is 5.73 Å². The van der Waals surface area contributed by atoms with Crippen LogP contribution in [0.5, 0.6) is 0 Å². The van der Waals surface area contributed by atoms with Crippen LogP contribution in [0.1, 0.15) is 11.1 Å². The molecule has 0 heterocycles. The third-order valence-electron chi connectivity index (χ3n) is 2.21. The Morgan fingerprint density at radius 1 is 1.44 bits per heavy atom. The molecule has 0 aliphatic rings. The van der Waals surface area contributed by atoms with Crippen molar-refractivity contribution in [1.82, 2.24) is 0 Å². The van der Waals surface area contributed by atoms with E-state index in [2.05, 4.69) is 4.74 Å². The lowest BCUT2D eigenvalue weighted by Gasteiger charge is -2.11. The van der Waals surface area contributed by atoms with Crippen LogP contribution >= 0.6 is 12.4 Å². The van der Waals surface area contributed by atoms with Gasteiger partial charge < -0.3 is 10.5 Å². The highest BCUT2D eigenvalue weighted by molar-refractivity contribution is 5.85. The van der Waals surface area contributed by atoms with Gasteiger partial charge in [-0.3, -0.25) is 4.79 Å². The lowest BCUT2D eigenvalue weighted by atomic mass is 10.0. The summed E-state index contributed by atoms with van der Waals surface area (Å²) in [5.74, 6) is -0.651. The van der Waals surface area contributed by atoms with Crippen LogP contribution in [0.2, 0.25) is 0 Å². The highest BCUT2D eigenvalue weighted by atomic mass is 35.5. The molecule has 0 spiro atoms. The van der Waals surface area contributed by atoms with E-state index in [-0.39, 0.29) is 18.8 Å². The summed E-state index contributed by atoms with van der Waals surface area (Å²) in [6.07, 6.45) is -4.39. The maximum Gasteiger partial charge on any atom is 0.416 e. The Hall–Kier alpha value is -1.27. The molecule has 7 heteroatoms. The van der Waals surface area contributed by atoms with Gasteiger partial charge in [-0.25, -0.2) is 0 Å². The fourth-order valence-electron chi connectivity index (χ4n) is 1.36. The van der Waals surface area contributed by atoms with Crippen LogP contribution in [0.4, 0.5) is 13.2 Å². The minimum Gasteiger partial charge on any atom is -0.468 e. The first-order valence-electron chi connectivity index (χ1n) is 4.84. The standard InChI is InChI=1S/C11H12F3NO2.ClH/c1-17-10(16)9(15)6-7-3-2-4-8(5-7)11(12,13)14;/h2-5,9H,6,15H2,1H3;1H. The number of alkyl halides is 3. The molecule has 0 aromatic heterocycles. The van der Waals surface area contributed by atoms with Gasteiger partial charge in [0.2, 0.25) is 0 Å². The smallest absolute Gasteiger partial charge is 0.416 e. The molecule has 0 aliphatic carbocycles. The van der Waals surface area contributed by atoms with Crippen molar-refractivity contribution in [3.63, 3.8) is 0 Å². The molecule has 1 atom stereocenters. The topological polar surface area (TPSA) is 52.3 Å². The van der Waals surface area contributed by atoms with Gasteiger partial charge in [0.05, 0.1) is 12.7 Å². The Balaban J connectivity index is 0.00000289. The third-order valence-corrected chi connectivity index (χ3v) is 2.21. The fourth-order valence-corrected chi connectivity index (χ4v) is 1.36. The van der Waals surface area contributed by atoms with Crippen LogP contribution in [0.15, 0.2) is 24.3 Å². The maximum absolute atomic E-state index is 12.4. The number of benzene rings is 1. The second kappa shape index (κ2) is 6.61. The van der Waals surface area contributed by atoms with Gasteiger partial charge in [-0.15, -0.1) is 12.4 Å². The number of halogens is 4. The number of carbonyl (C=O) groups is 1. The average molecular weight is 284 g/mol. The number of hydrogen-bond acceptors (Lipinski definition) is 3. The summed E-state index contributed by atoms with van der Waals surface area (Å²) < 4.78 is 41.6. The molecule has 1 aromatic carbocycles. The Kier molecular flexibility index (Phi) is 6.14. The number of esters is 1. The highest BCUT2D eigenvalue weighted by Gasteiger charge is 2.30. The quantitative estimate of drug-likeness (QED) is 0.865. The fraction of sp³-hybridized carbons (Fsp3) is 0.364. The van der Waals surface area contributed by atoms with Crippen LogP contribution in [0.25, 0.3) is 0 Å². The van der Waals surface area contributed by atoms with Crippen molar-refractivity contribution in [1.29, 1.82) is 0 Å². The zero-order valence-corrected chi connectivity index (χ0v) is 10.3. The lowest BCUT2D eigenvalue weighted by molar-refractivity contribution is -0.142. The zero-order valence-electron chi connectivity index (χ0n) is 9.53. The van der Waals surface area contributed by atoms with Gasteiger partial charge in [0, 0.05) is 0 Å². The van der Waals surface area contributed by atoms with Gasteiger partial charge in [0.15, 0.2) is 0 Å². The van der Waals surface area contributed by atoms with E-state index in [1.54, 1.807) is 0 Å². The number of carbonyl (C=O) groups excluding carboxylic acids is 1. The molecule has 102 valence electrons. The molecule has 0 radical (unpaired) electrons. The molecular formula is C11H13ClF3NO2. The molecule has 1 aromatic rings.